The second-order valence-corrected chi connectivity index (χ2v) is 3.54. The normalized spacial score (nSPS) is 9.43. The summed E-state index contributed by atoms with van der Waals surface area (Å²) >= 11 is 9.56. The molecule has 0 spiro atoms. The first-order valence-corrected chi connectivity index (χ1v) is 4.92. The highest BCUT2D eigenvalue weighted by molar-refractivity contribution is 6.52. The Morgan fingerprint density at radius 1 is 1.64 bits per heavy atom. The predicted molar refractivity (Wildman–Crippen MR) is 55.6 cm³/mol. The van der Waals surface area contributed by atoms with E-state index in [4.69, 9.17) is 28.3 Å². The molecule has 4 nitrogen and oxygen atoms in total. The maximum Gasteiger partial charge on any atom is 0.337 e. The van der Waals surface area contributed by atoms with Crippen molar-refractivity contribution in [1.29, 1.82) is 0 Å². The number of carbonyl (C=O) groups is 1. The third-order valence-corrected chi connectivity index (χ3v) is 1.60. The molecule has 0 amide bonds. The molecule has 0 saturated heterocycles. The average molecular weight is 239 g/mol. The molecule has 0 saturated carbocycles. The number of carboxylic acids is 1. The average Bonchev–Trinajstić information content (AvgIpc) is 2.58. The zero-order valence-corrected chi connectivity index (χ0v) is 9.24. The van der Waals surface area contributed by atoms with Gasteiger partial charge in [0.25, 0.3) is 0 Å². The van der Waals surface area contributed by atoms with Gasteiger partial charge in [-0.15, -0.1) is 0 Å². The van der Waals surface area contributed by atoms with E-state index in [9.17, 15) is 4.79 Å². The van der Waals surface area contributed by atoms with E-state index in [2.05, 4.69) is 16.5 Å². The molecule has 1 aromatic rings. The zero-order valence-electron chi connectivity index (χ0n) is 7.73. The zero-order chi connectivity index (χ0) is 11.0. The van der Waals surface area contributed by atoms with Gasteiger partial charge in [-0.2, -0.15) is 0 Å². The number of alkyl halides is 2. The largest absolute Gasteiger partial charge is 0.479 e. The van der Waals surface area contributed by atoms with Crippen LogP contribution in [0, 0.1) is 0 Å². The number of imidazole rings is 1. The van der Waals surface area contributed by atoms with E-state index < -0.39 is 10.8 Å². The number of hydrogen-bond donors (Lipinski definition) is 1. The summed E-state index contributed by atoms with van der Waals surface area (Å²) in [5, 5.41) is 7.73. The first-order chi connectivity index (χ1) is 6.57. The van der Waals surface area contributed by atoms with Crippen LogP contribution in [0.2, 0.25) is 0 Å². The highest BCUT2D eigenvalue weighted by Crippen LogP contribution is 1.98. The van der Waals surface area contributed by atoms with Gasteiger partial charge >= 0.3 is 5.97 Å². The van der Waals surface area contributed by atoms with E-state index in [0.29, 0.717) is 0 Å². The number of hydrogen-bond acceptors (Lipinski definition) is 2. The summed E-state index contributed by atoms with van der Waals surface area (Å²) in [6.45, 7) is 3.24. The summed E-state index contributed by atoms with van der Waals surface area (Å²) < 4.78 is 2.07. The second-order valence-electron chi connectivity index (χ2n) is 2.44. The second kappa shape index (κ2) is 7.64. The third-order valence-electron chi connectivity index (χ3n) is 1.23. The summed E-state index contributed by atoms with van der Waals surface area (Å²) in [6.07, 6.45) is 6.79. The summed E-state index contributed by atoms with van der Waals surface area (Å²) in [6, 6.07) is 0. The molecule has 0 aliphatic carbocycles. The van der Waals surface area contributed by atoms with Crippen LogP contribution in [0.15, 0.2) is 18.7 Å². The van der Waals surface area contributed by atoms with E-state index in [1.165, 1.54) is 6.42 Å². The Morgan fingerprint density at radius 2 is 2.21 bits per heavy atom. The minimum Gasteiger partial charge on any atom is -0.479 e. The lowest BCUT2D eigenvalue weighted by molar-refractivity contribution is -0.135. The Labute approximate surface area is 92.5 Å². The fraction of sp³-hybridized carbons (Fsp3) is 0.500. The molecule has 0 aliphatic rings. The number of aromatic nitrogens is 2. The minimum absolute atomic E-state index is 1.08. The van der Waals surface area contributed by atoms with Crippen molar-refractivity contribution >= 4 is 29.2 Å². The van der Waals surface area contributed by atoms with Crippen molar-refractivity contribution in [1.82, 2.24) is 9.55 Å². The number of aliphatic carboxylic acids is 1. The van der Waals surface area contributed by atoms with E-state index in [1.54, 1.807) is 6.20 Å². The van der Waals surface area contributed by atoms with Gasteiger partial charge in [-0.3, -0.25) is 0 Å². The molecule has 14 heavy (non-hydrogen) atoms. The van der Waals surface area contributed by atoms with Gasteiger partial charge < -0.3 is 9.67 Å². The summed E-state index contributed by atoms with van der Waals surface area (Å²) in [7, 11) is 0. The van der Waals surface area contributed by atoms with Crippen LogP contribution in [0.5, 0.6) is 0 Å². The van der Waals surface area contributed by atoms with Gasteiger partial charge in [0, 0.05) is 18.9 Å². The molecule has 1 N–H and O–H groups in total. The van der Waals surface area contributed by atoms with Crippen molar-refractivity contribution < 1.29 is 9.90 Å². The van der Waals surface area contributed by atoms with Crippen LogP contribution in [0.25, 0.3) is 0 Å². The van der Waals surface area contributed by atoms with E-state index >= 15 is 0 Å². The van der Waals surface area contributed by atoms with Crippen LogP contribution in [0.4, 0.5) is 0 Å². The molecular weight excluding hydrogens is 227 g/mol. The fourth-order valence-corrected chi connectivity index (χ4v) is 0.677. The van der Waals surface area contributed by atoms with Crippen LogP contribution < -0.4 is 0 Å². The van der Waals surface area contributed by atoms with Crippen LogP contribution >= 0.6 is 23.2 Å². The molecule has 80 valence electrons. The van der Waals surface area contributed by atoms with Crippen molar-refractivity contribution in [3.8, 4) is 0 Å². The van der Waals surface area contributed by atoms with Gasteiger partial charge in [0.15, 0.2) is 0 Å². The summed E-state index contributed by atoms with van der Waals surface area (Å²) in [5.41, 5.74) is 0. The number of aryl methyl sites for hydroxylation is 1. The minimum atomic E-state index is -1.29. The molecule has 0 atom stereocenters. The Kier molecular flexibility index (Phi) is 7.24. The quantitative estimate of drug-likeness (QED) is 0.822. The van der Waals surface area contributed by atoms with E-state index in [1.807, 2.05) is 12.5 Å². The fourth-order valence-electron chi connectivity index (χ4n) is 0.677. The summed E-state index contributed by atoms with van der Waals surface area (Å²) in [4.78, 5) is 12.1. The lowest BCUT2D eigenvalue weighted by atomic mass is 10.5. The van der Waals surface area contributed by atoms with Crippen LogP contribution in [0.1, 0.15) is 13.3 Å². The lowest BCUT2D eigenvalue weighted by Gasteiger charge is -1.93. The molecule has 1 aromatic heterocycles. The predicted octanol–water partition coefficient (Wildman–Crippen LogP) is 2.17. The smallest absolute Gasteiger partial charge is 0.337 e. The van der Waals surface area contributed by atoms with Gasteiger partial charge in [-0.05, 0) is 6.42 Å². The first-order valence-electron chi connectivity index (χ1n) is 4.04. The molecule has 1 rings (SSSR count). The maximum atomic E-state index is 9.44. The number of nitrogens with zero attached hydrogens (tertiary/aromatic N) is 2. The van der Waals surface area contributed by atoms with Crippen molar-refractivity contribution in [3.05, 3.63) is 18.7 Å². The molecule has 1 heterocycles. The molecular formula is C8H12Cl2N2O2. The molecule has 0 unspecified atom stereocenters. The number of carboxylic acid groups (broad SMARTS) is 1. The molecule has 6 heteroatoms. The highest BCUT2D eigenvalue weighted by atomic mass is 35.5. The SMILES string of the molecule is CCCn1ccnc1.O=C(O)C(Cl)Cl. The Morgan fingerprint density at radius 3 is 2.50 bits per heavy atom. The monoisotopic (exact) mass is 238 g/mol. The first kappa shape index (κ1) is 13.3. The van der Waals surface area contributed by atoms with Crippen molar-refractivity contribution in [2.75, 3.05) is 0 Å². The number of rotatable bonds is 3. The Bertz CT molecular complexity index is 250. The van der Waals surface area contributed by atoms with Gasteiger partial charge in [-0.1, -0.05) is 30.1 Å². The van der Waals surface area contributed by atoms with Gasteiger partial charge in [-0.25, -0.2) is 9.78 Å². The maximum absolute atomic E-state index is 9.44. The van der Waals surface area contributed by atoms with Crippen LogP contribution in [-0.2, 0) is 11.3 Å². The molecule has 0 radical (unpaired) electrons. The van der Waals surface area contributed by atoms with Crippen LogP contribution in [-0.4, -0.2) is 25.5 Å². The van der Waals surface area contributed by atoms with Gasteiger partial charge in [0.05, 0.1) is 6.33 Å². The van der Waals surface area contributed by atoms with Crippen molar-refractivity contribution in [3.63, 3.8) is 0 Å². The van der Waals surface area contributed by atoms with Gasteiger partial charge in [0.1, 0.15) is 0 Å². The third kappa shape index (κ3) is 6.74. The highest BCUT2D eigenvalue weighted by Gasteiger charge is 2.05. The summed E-state index contributed by atoms with van der Waals surface area (Å²) in [5.74, 6) is -1.21. The standard InChI is InChI=1S/C6H10N2.C2H2Cl2O2/c1-2-4-8-5-3-7-6-8;3-1(4)2(5)6/h3,5-6H,2,4H2,1H3;1H,(H,5,6). The number of halogens is 2. The Balaban J connectivity index is 0.000000255. The molecule has 0 aliphatic heterocycles. The van der Waals surface area contributed by atoms with E-state index in [0.717, 1.165) is 6.54 Å². The van der Waals surface area contributed by atoms with Crippen molar-refractivity contribution in [2.45, 2.75) is 24.7 Å². The molecule has 0 fully saturated rings. The van der Waals surface area contributed by atoms with Crippen LogP contribution in [0.3, 0.4) is 0 Å². The van der Waals surface area contributed by atoms with Gasteiger partial charge in [0.2, 0.25) is 4.84 Å². The lowest BCUT2D eigenvalue weighted by Crippen LogP contribution is -2.03. The Hall–Kier alpha value is -0.740. The molecule has 0 aromatic carbocycles. The van der Waals surface area contributed by atoms with Crippen molar-refractivity contribution in [2.24, 2.45) is 0 Å². The molecule has 0 bridgehead atoms. The van der Waals surface area contributed by atoms with E-state index in [-0.39, 0.29) is 0 Å². The topological polar surface area (TPSA) is 55.1 Å².